The van der Waals surface area contributed by atoms with Crippen LogP contribution in [0.1, 0.15) is 24.2 Å². The van der Waals surface area contributed by atoms with Gasteiger partial charge in [-0.2, -0.15) is 0 Å². The van der Waals surface area contributed by atoms with E-state index in [1.165, 1.54) is 4.90 Å². The average molecular weight is 395 g/mol. The molecule has 2 aromatic rings. The Balaban J connectivity index is 1.60. The molecule has 0 bridgehead atoms. The van der Waals surface area contributed by atoms with Crippen LogP contribution in [0.4, 0.5) is 11.4 Å². The Morgan fingerprint density at radius 1 is 1.03 bits per heavy atom. The fraction of sp³-hybridized carbons (Fsp3) is 0.238. The highest BCUT2D eigenvalue weighted by Crippen LogP contribution is 2.36. The lowest BCUT2D eigenvalue weighted by Gasteiger charge is -2.41. The third-order valence-electron chi connectivity index (χ3n) is 4.54. The Bertz CT molecular complexity index is 956. The van der Waals surface area contributed by atoms with Crippen LogP contribution in [0.25, 0.3) is 0 Å². The van der Waals surface area contributed by atoms with Crippen molar-refractivity contribution in [1.82, 2.24) is 5.32 Å². The van der Waals surface area contributed by atoms with Crippen LogP contribution in [-0.2, 0) is 19.1 Å². The molecule has 0 saturated carbocycles. The second-order valence-corrected chi connectivity index (χ2v) is 6.97. The first kappa shape index (κ1) is 20.1. The summed E-state index contributed by atoms with van der Waals surface area (Å²) in [5, 5.41) is 5.20. The molecule has 0 radical (unpaired) electrons. The first-order valence-electron chi connectivity index (χ1n) is 9.03. The minimum Gasteiger partial charge on any atom is -0.454 e. The number of para-hydroxylation sites is 2. The largest absolute Gasteiger partial charge is 0.454 e. The minimum absolute atomic E-state index is 0.342. The zero-order chi connectivity index (χ0) is 21.0. The molecule has 1 heterocycles. The zero-order valence-electron chi connectivity index (χ0n) is 16.1. The van der Waals surface area contributed by atoms with E-state index in [0.29, 0.717) is 16.9 Å². The molecule has 3 amide bonds. The van der Waals surface area contributed by atoms with Crippen LogP contribution in [0.3, 0.4) is 0 Å². The lowest BCUT2D eigenvalue weighted by atomic mass is 9.96. The van der Waals surface area contributed by atoms with Gasteiger partial charge in [0.2, 0.25) is 5.91 Å². The van der Waals surface area contributed by atoms with E-state index >= 15 is 0 Å². The van der Waals surface area contributed by atoms with Crippen LogP contribution in [0.15, 0.2) is 54.6 Å². The molecule has 2 aromatic carbocycles. The minimum atomic E-state index is -1.15. The lowest BCUT2D eigenvalue weighted by Crippen LogP contribution is -2.59. The van der Waals surface area contributed by atoms with Gasteiger partial charge in [-0.25, -0.2) is 0 Å². The standard InChI is InChI=1S/C21H21N3O5/c1-21(2)20(28)23-15-10-6-7-11-16(15)24(21)17(25)13-29-18(26)12-22-19(27)14-8-4-3-5-9-14/h3-11H,12-13H2,1-2H3,(H,22,27)(H,23,28). The number of benzene rings is 2. The number of rotatable bonds is 5. The molecular weight excluding hydrogens is 374 g/mol. The number of esters is 1. The summed E-state index contributed by atoms with van der Waals surface area (Å²) in [6.45, 7) is 2.29. The molecule has 29 heavy (non-hydrogen) atoms. The summed E-state index contributed by atoms with van der Waals surface area (Å²) in [6, 6.07) is 15.3. The number of fused-ring (bicyclic) bond motifs is 1. The second kappa shape index (κ2) is 8.14. The third kappa shape index (κ3) is 4.26. The summed E-state index contributed by atoms with van der Waals surface area (Å²) in [5.41, 5.74) is 0.288. The molecule has 150 valence electrons. The van der Waals surface area contributed by atoms with Crippen molar-refractivity contribution in [3.8, 4) is 0 Å². The predicted octanol–water partition coefficient (Wildman–Crippen LogP) is 1.72. The number of ether oxygens (including phenoxy) is 1. The number of anilines is 2. The second-order valence-electron chi connectivity index (χ2n) is 6.97. The monoisotopic (exact) mass is 395 g/mol. The van der Waals surface area contributed by atoms with E-state index in [1.807, 2.05) is 0 Å². The molecule has 0 unspecified atom stereocenters. The van der Waals surface area contributed by atoms with Gasteiger partial charge >= 0.3 is 5.97 Å². The Labute approximate surface area is 167 Å². The summed E-state index contributed by atoms with van der Waals surface area (Å²) < 4.78 is 5.01. The van der Waals surface area contributed by atoms with Crippen LogP contribution in [0.5, 0.6) is 0 Å². The van der Waals surface area contributed by atoms with Crippen LogP contribution < -0.4 is 15.5 Å². The van der Waals surface area contributed by atoms with E-state index in [4.69, 9.17) is 4.74 Å². The van der Waals surface area contributed by atoms with Crippen molar-refractivity contribution in [1.29, 1.82) is 0 Å². The average Bonchev–Trinajstić information content (AvgIpc) is 2.71. The van der Waals surface area contributed by atoms with Gasteiger partial charge in [-0.05, 0) is 38.1 Å². The van der Waals surface area contributed by atoms with Crippen molar-refractivity contribution < 1.29 is 23.9 Å². The number of amides is 3. The van der Waals surface area contributed by atoms with Gasteiger partial charge in [0, 0.05) is 5.56 Å². The van der Waals surface area contributed by atoms with Gasteiger partial charge in [0.25, 0.3) is 11.8 Å². The molecule has 0 atom stereocenters. The van der Waals surface area contributed by atoms with Gasteiger partial charge in [0.1, 0.15) is 12.1 Å². The molecule has 3 rings (SSSR count). The Morgan fingerprint density at radius 3 is 2.41 bits per heavy atom. The van der Waals surface area contributed by atoms with E-state index in [1.54, 1.807) is 68.4 Å². The van der Waals surface area contributed by atoms with Gasteiger partial charge < -0.3 is 15.4 Å². The van der Waals surface area contributed by atoms with Crippen molar-refractivity contribution in [2.75, 3.05) is 23.4 Å². The first-order valence-corrected chi connectivity index (χ1v) is 9.03. The molecule has 0 saturated heterocycles. The fourth-order valence-electron chi connectivity index (χ4n) is 3.00. The summed E-state index contributed by atoms with van der Waals surface area (Å²) in [6.07, 6.45) is 0. The van der Waals surface area contributed by atoms with E-state index in [0.717, 1.165) is 0 Å². The predicted molar refractivity (Wildman–Crippen MR) is 106 cm³/mol. The number of nitrogens with one attached hydrogen (secondary N) is 2. The molecule has 1 aliphatic rings. The van der Waals surface area contributed by atoms with Gasteiger partial charge in [-0.1, -0.05) is 30.3 Å². The van der Waals surface area contributed by atoms with E-state index < -0.39 is 29.9 Å². The van der Waals surface area contributed by atoms with Gasteiger partial charge in [-0.3, -0.25) is 24.1 Å². The SMILES string of the molecule is CC1(C)C(=O)Nc2ccccc2N1C(=O)COC(=O)CNC(=O)c1ccccc1. The van der Waals surface area contributed by atoms with E-state index in [2.05, 4.69) is 10.6 Å². The van der Waals surface area contributed by atoms with Crippen LogP contribution >= 0.6 is 0 Å². The number of carbonyl (C=O) groups is 4. The summed E-state index contributed by atoms with van der Waals surface area (Å²) in [4.78, 5) is 50.4. The topological polar surface area (TPSA) is 105 Å². The van der Waals surface area contributed by atoms with Crippen molar-refractivity contribution in [2.24, 2.45) is 0 Å². The summed E-state index contributed by atoms with van der Waals surface area (Å²) in [7, 11) is 0. The van der Waals surface area contributed by atoms with Crippen molar-refractivity contribution in [3.05, 3.63) is 60.2 Å². The number of hydrogen-bond donors (Lipinski definition) is 2. The van der Waals surface area contributed by atoms with Crippen LogP contribution in [0, 0.1) is 0 Å². The van der Waals surface area contributed by atoms with Crippen LogP contribution in [0.2, 0.25) is 0 Å². The highest BCUT2D eigenvalue weighted by atomic mass is 16.5. The van der Waals surface area contributed by atoms with Crippen molar-refractivity contribution in [3.63, 3.8) is 0 Å². The normalized spacial score (nSPS) is 14.4. The number of hydrogen-bond acceptors (Lipinski definition) is 5. The first-order chi connectivity index (χ1) is 13.8. The fourth-order valence-corrected chi connectivity index (χ4v) is 3.00. The summed E-state index contributed by atoms with van der Waals surface area (Å²) in [5.74, 6) is -2.06. The molecule has 8 nitrogen and oxygen atoms in total. The quantitative estimate of drug-likeness (QED) is 0.750. The van der Waals surface area contributed by atoms with E-state index in [9.17, 15) is 19.2 Å². The number of carbonyl (C=O) groups excluding carboxylic acids is 4. The lowest BCUT2D eigenvalue weighted by molar-refractivity contribution is -0.147. The molecule has 0 aliphatic carbocycles. The Kier molecular flexibility index (Phi) is 5.63. The molecule has 0 fully saturated rings. The molecule has 2 N–H and O–H groups in total. The van der Waals surface area contributed by atoms with Gasteiger partial charge in [0.15, 0.2) is 6.61 Å². The Hall–Kier alpha value is -3.68. The smallest absolute Gasteiger partial charge is 0.325 e. The van der Waals surface area contributed by atoms with E-state index in [-0.39, 0.29) is 12.5 Å². The third-order valence-corrected chi connectivity index (χ3v) is 4.54. The van der Waals surface area contributed by atoms with Crippen LogP contribution in [-0.4, -0.2) is 42.4 Å². The molecule has 0 aromatic heterocycles. The van der Waals surface area contributed by atoms with Crippen molar-refractivity contribution >= 4 is 35.1 Å². The Morgan fingerprint density at radius 2 is 1.69 bits per heavy atom. The maximum atomic E-state index is 12.8. The molecule has 8 heteroatoms. The molecular formula is C21H21N3O5. The maximum absolute atomic E-state index is 12.8. The highest BCUT2D eigenvalue weighted by Gasteiger charge is 2.43. The van der Waals surface area contributed by atoms with Gasteiger partial charge in [0.05, 0.1) is 11.4 Å². The summed E-state index contributed by atoms with van der Waals surface area (Å²) >= 11 is 0. The molecule has 0 spiro atoms. The molecule has 1 aliphatic heterocycles. The zero-order valence-corrected chi connectivity index (χ0v) is 16.1. The highest BCUT2D eigenvalue weighted by molar-refractivity contribution is 6.14. The maximum Gasteiger partial charge on any atom is 0.325 e. The van der Waals surface area contributed by atoms with Crippen molar-refractivity contribution in [2.45, 2.75) is 19.4 Å². The number of nitrogens with zero attached hydrogens (tertiary/aromatic N) is 1. The van der Waals surface area contributed by atoms with Gasteiger partial charge in [-0.15, -0.1) is 0 Å².